The molecule has 1 aromatic carbocycles. The highest BCUT2D eigenvalue weighted by Gasteiger charge is 2.10. The largest absolute Gasteiger partial charge is 0.478 e. The first kappa shape index (κ1) is 14.8. The van der Waals surface area contributed by atoms with Crippen LogP contribution in [0.1, 0.15) is 24.2 Å². The van der Waals surface area contributed by atoms with Gasteiger partial charge in [-0.2, -0.15) is 0 Å². The van der Waals surface area contributed by atoms with Crippen molar-refractivity contribution in [3.05, 3.63) is 52.6 Å². The molecule has 0 bridgehead atoms. The molecule has 0 atom stereocenters. The van der Waals surface area contributed by atoms with Gasteiger partial charge in [0, 0.05) is 18.9 Å². The van der Waals surface area contributed by atoms with Crippen molar-refractivity contribution in [3.8, 4) is 11.6 Å². The van der Waals surface area contributed by atoms with Gasteiger partial charge in [-0.25, -0.2) is 9.78 Å². The fraction of sp³-hybridized carbons (Fsp3) is 0.267. The molecule has 1 aromatic heterocycles. The van der Waals surface area contributed by atoms with Crippen LogP contribution in [0.5, 0.6) is 11.6 Å². The molecule has 0 amide bonds. The number of carboxylic acids is 1. The van der Waals surface area contributed by atoms with Gasteiger partial charge in [0.25, 0.3) is 5.88 Å². The number of hydrogen-bond donors (Lipinski definition) is 1. The third-order valence-corrected chi connectivity index (χ3v) is 2.74. The molecule has 110 valence electrons. The zero-order valence-electron chi connectivity index (χ0n) is 11.8. The lowest BCUT2D eigenvalue weighted by molar-refractivity contribution is 0.0696. The molecule has 1 heterocycles. The van der Waals surface area contributed by atoms with Gasteiger partial charge in [0.1, 0.15) is 5.75 Å². The maximum atomic E-state index is 12.2. The summed E-state index contributed by atoms with van der Waals surface area (Å²) in [7, 11) is 0. The Morgan fingerprint density at radius 1 is 1.43 bits per heavy atom. The van der Waals surface area contributed by atoms with Crippen molar-refractivity contribution in [3.63, 3.8) is 0 Å². The molecule has 2 rings (SSSR count). The van der Waals surface area contributed by atoms with Crippen LogP contribution >= 0.6 is 0 Å². The molecule has 2 aromatic rings. The number of aromatic nitrogens is 2. The quantitative estimate of drug-likeness (QED) is 0.913. The van der Waals surface area contributed by atoms with E-state index in [0.717, 1.165) is 0 Å². The van der Waals surface area contributed by atoms with Gasteiger partial charge in [-0.1, -0.05) is 19.9 Å². The minimum absolute atomic E-state index is 0.0688. The van der Waals surface area contributed by atoms with Crippen molar-refractivity contribution in [2.75, 3.05) is 0 Å². The summed E-state index contributed by atoms with van der Waals surface area (Å²) in [6.07, 6.45) is 3.09. The van der Waals surface area contributed by atoms with Crippen molar-refractivity contribution in [1.29, 1.82) is 0 Å². The highest BCUT2D eigenvalue weighted by Crippen LogP contribution is 2.18. The van der Waals surface area contributed by atoms with Crippen LogP contribution in [0.2, 0.25) is 0 Å². The van der Waals surface area contributed by atoms with Gasteiger partial charge >= 0.3 is 11.5 Å². The Morgan fingerprint density at radius 3 is 2.86 bits per heavy atom. The third-order valence-electron chi connectivity index (χ3n) is 2.74. The summed E-state index contributed by atoms with van der Waals surface area (Å²) < 4.78 is 6.94. The van der Waals surface area contributed by atoms with Crippen molar-refractivity contribution in [1.82, 2.24) is 9.55 Å². The molecule has 0 fully saturated rings. The molecule has 21 heavy (non-hydrogen) atoms. The number of carboxylic acid groups (broad SMARTS) is 1. The summed E-state index contributed by atoms with van der Waals surface area (Å²) in [5, 5.41) is 8.94. The molecule has 0 spiro atoms. The van der Waals surface area contributed by atoms with Gasteiger partial charge < -0.3 is 14.4 Å². The number of ether oxygens (including phenoxy) is 1. The first-order valence-corrected chi connectivity index (χ1v) is 6.54. The van der Waals surface area contributed by atoms with Crippen LogP contribution in [0.3, 0.4) is 0 Å². The second kappa shape index (κ2) is 6.21. The molecule has 0 saturated heterocycles. The van der Waals surface area contributed by atoms with Crippen LogP contribution in [0.15, 0.2) is 41.5 Å². The smallest absolute Gasteiger partial charge is 0.335 e. The number of hydrogen-bond acceptors (Lipinski definition) is 4. The fourth-order valence-corrected chi connectivity index (χ4v) is 1.84. The second-order valence-electron chi connectivity index (χ2n) is 5.02. The molecule has 6 heteroatoms. The molecule has 0 radical (unpaired) electrons. The second-order valence-corrected chi connectivity index (χ2v) is 5.02. The average molecular weight is 288 g/mol. The summed E-state index contributed by atoms with van der Waals surface area (Å²) in [5.41, 5.74) is -0.252. The van der Waals surface area contributed by atoms with Crippen LogP contribution < -0.4 is 10.3 Å². The summed E-state index contributed by atoms with van der Waals surface area (Å²) in [4.78, 5) is 27.0. The van der Waals surface area contributed by atoms with E-state index in [9.17, 15) is 9.59 Å². The molecular formula is C15H16N2O4. The Hall–Kier alpha value is -2.63. The van der Waals surface area contributed by atoms with Gasteiger partial charge in [0.15, 0.2) is 0 Å². The minimum atomic E-state index is -1.06. The first-order valence-electron chi connectivity index (χ1n) is 6.54. The predicted octanol–water partition coefficient (Wildman–Crippen LogP) is 2.39. The Kier molecular flexibility index (Phi) is 4.37. The first-order chi connectivity index (χ1) is 9.97. The van der Waals surface area contributed by atoms with Crippen LogP contribution in [-0.2, 0) is 6.54 Å². The normalized spacial score (nSPS) is 10.6. The van der Waals surface area contributed by atoms with Crippen LogP contribution in [-0.4, -0.2) is 20.6 Å². The number of nitrogens with zero attached hydrogens (tertiary/aromatic N) is 2. The highest BCUT2D eigenvalue weighted by atomic mass is 16.5. The van der Waals surface area contributed by atoms with E-state index in [1.165, 1.54) is 22.9 Å². The Balaban J connectivity index is 2.30. The summed E-state index contributed by atoms with van der Waals surface area (Å²) >= 11 is 0. The molecule has 0 aliphatic carbocycles. The lowest BCUT2D eigenvalue weighted by Gasteiger charge is -2.10. The monoisotopic (exact) mass is 288 g/mol. The minimum Gasteiger partial charge on any atom is -0.478 e. The number of rotatable bonds is 5. The number of carbonyl (C=O) groups is 1. The summed E-state index contributed by atoms with van der Waals surface area (Å²) in [5.74, 6) is -0.547. The van der Waals surface area contributed by atoms with Crippen molar-refractivity contribution in [2.45, 2.75) is 20.4 Å². The van der Waals surface area contributed by atoms with Gasteiger partial charge in [-0.15, -0.1) is 0 Å². The molecule has 0 unspecified atom stereocenters. The van der Waals surface area contributed by atoms with E-state index in [0.29, 0.717) is 12.5 Å². The topological polar surface area (TPSA) is 81.4 Å². The van der Waals surface area contributed by atoms with Crippen molar-refractivity contribution >= 4 is 5.97 Å². The van der Waals surface area contributed by atoms with E-state index in [1.54, 1.807) is 18.3 Å². The van der Waals surface area contributed by atoms with Gasteiger partial charge in [0.05, 0.1) is 5.56 Å². The van der Waals surface area contributed by atoms with Crippen LogP contribution in [0.4, 0.5) is 0 Å². The number of benzene rings is 1. The number of aromatic carboxylic acids is 1. The molecule has 1 N–H and O–H groups in total. The van der Waals surface area contributed by atoms with E-state index >= 15 is 0 Å². The van der Waals surface area contributed by atoms with Gasteiger partial charge in [0.2, 0.25) is 0 Å². The van der Waals surface area contributed by atoms with Crippen LogP contribution in [0.25, 0.3) is 0 Å². The van der Waals surface area contributed by atoms with Crippen LogP contribution in [0, 0.1) is 5.92 Å². The molecule has 0 saturated carbocycles. The summed E-state index contributed by atoms with van der Waals surface area (Å²) in [6.45, 7) is 4.57. The fourth-order valence-electron chi connectivity index (χ4n) is 1.84. The van der Waals surface area contributed by atoms with Crippen molar-refractivity contribution < 1.29 is 14.6 Å². The molecular weight excluding hydrogens is 272 g/mol. The SMILES string of the molecule is CC(C)Cn1ccnc(Oc2cccc(C(=O)O)c2)c1=O. The Morgan fingerprint density at radius 2 is 2.19 bits per heavy atom. The molecule has 0 aliphatic rings. The van der Waals surface area contributed by atoms with E-state index in [1.807, 2.05) is 13.8 Å². The third kappa shape index (κ3) is 3.68. The maximum absolute atomic E-state index is 12.2. The Bertz CT molecular complexity index is 707. The van der Waals surface area contributed by atoms with E-state index in [2.05, 4.69) is 4.98 Å². The van der Waals surface area contributed by atoms with Gasteiger partial charge in [-0.3, -0.25) is 4.79 Å². The van der Waals surface area contributed by atoms with E-state index < -0.39 is 5.97 Å². The van der Waals surface area contributed by atoms with Crippen molar-refractivity contribution in [2.24, 2.45) is 5.92 Å². The molecule has 6 nitrogen and oxygen atoms in total. The standard InChI is InChI=1S/C15H16N2O4/c1-10(2)9-17-7-6-16-13(14(17)18)21-12-5-3-4-11(8-12)15(19)20/h3-8,10H,9H2,1-2H3,(H,19,20). The summed E-state index contributed by atoms with van der Waals surface area (Å²) in [6, 6.07) is 5.93. The Labute approximate surface area is 121 Å². The zero-order chi connectivity index (χ0) is 15.4. The highest BCUT2D eigenvalue weighted by molar-refractivity contribution is 5.88. The lowest BCUT2D eigenvalue weighted by atomic mass is 10.2. The van der Waals surface area contributed by atoms with E-state index in [-0.39, 0.29) is 22.8 Å². The average Bonchev–Trinajstić information content (AvgIpc) is 2.43. The predicted molar refractivity (Wildman–Crippen MR) is 76.8 cm³/mol. The lowest BCUT2D eigenvalue weighted by Crippen LogP contribution is -2.23. The maximum Gasteiger partial charge on any atom is 0.335 e. The zero-order valence-corrected chi connectivity index (χ0v) is 11.8. The van der Waals surface area contributed by atoms with Gasteiger partial charge in [-0.05, 0) is 24.1 Å². The molecule has 0 aliphatic heterocycles. The van der Waals surface area contributed by atoms with E-state index in [4.69, 9.17) is 9.84 Å².